The molecule has 1 aliphatic rings. The van der Waals surface area contributed by atoms with Gasteiger partial charge >= 0.3 is 0 Å². The lowest BCUT2D eigenvalue weighted by atomic mass is 10.2. The van der Waals surface area contributed by atoms with E-state index in [-0.39, 0.29) is 24.2 Å². The summed E-state index contributed by atoms with van der Waals surface area (Å²) in [7, 11) is -1.23. The fourth-order valence-corrected chi connectivity index (χ4v) is 4.00. The maximum absolute atomic E-state index is 12.5. The summed E-state index contributed by atoms with van der Waals surface area (Å²) in [5, 5.41) is 2.81. The van der Waals surface area contributed by atoms with Gasteiger partial charge in [0.15, 0.2) is 17.3 Å². The number of carbonyl (C=O) groups excluding carboxylic acids is 1. The van der Waals surface area contributed by atoms with Crippen molar-refractivity contribution in [2.24, 2.45) is 0 Å². The van der Waals surface area contributed by atoms with Crippen LogP contribution < -0.4 is 14.8 Å². The van der Waals surface area contributed by atoms with Gasteiger partial charge in [-0.1, -0.05) is 18.2 Å². The fraction of sp³-hybridized carbons (Fsp3) is 0.190. The van der Waals surface area contributed by atoms with E-state index in [1.165, 1.54) is 0 Å². The molecular weight excluding hydrogens is 378 g/mol. The number of hydrogen-bond acceptors (Lipinski definition) is 5. The smallest absolute Gasteiger partial charge is 0.287 e. The van der Waals surface area contributed by atoms with Gasteiger partial charge in [0.1, 0.15) is 5.76 Å². The van der Waals surface area contributed by atoms with Crippen LogP contribution in [-0.4, -0.2) is 16.9 Å². The normalized spacial score (nSPS) is 13.3. The van der Waals surface area contributed by atoms with E-state index in [0.717, 1.165) is 16.0 Å². The Labute approximate surface area is 164 Å². The summed E-state index contributed by atoms with van der Waals surface area (Å²) >= 11 is 0. The van der Waals surface area contributed by atoms with E-state index >= 15 is 0 Å². The number of fused-ring (bicyclic) bond motifs is 1. The monoisotopic (exact) mass is 397 g/mol. The van der Waals surface area contributed by atoms with Crippen LogP contribution in [0.1, 0.15) is 27.4 Å². The van der Waals surface area contributed by atoms with E-state index in [4.69, 9.17) is 13.9 Å². The van der Waals surface area contributed by atoms with Crippen molar-refractivity contribution in [2.75, 3.05) is 6.79 Å². The summed E-state index contributed by atoms with van der Waals surface area (Å²) in [5.41, 5.74) is 1.94. The molecule has 2 heterocycles. The first-order chi connectivity index (χ1) is 13.6. The Bertz CT molecular complexity index is 1040. The topological polar surface area (TPSA) is 77.8 Å². The number of hydrogen-bond donors (Lipinski definition) is 1. The van der Waals surface area contributed by atoms with Crippen LogP contribution in [0.15, 0.2) is 63.9 Å². The molecule has 144 valence electrons. The Kier molecular flexibility index (Phi) is 5.16. The van der Waals surface area contributed by atoms with E-state index in [0.29, 0.717) is 23.8 Å². The predicted molar refractivity (Wildman–Crippen MR) is 104 cm³/mol. The highest BCUT2D eigenvalue weighted by Gasteiger charge is 2.16. The van der Waals surface area contributed by atoms with Crippen molar-refractivity contribution < 1.29 is 22.9 Å². The Balaban J connectivity index is 1.35. The van der Waals surface area contributed by atoms with Crippen molar-refractivity contribution in [1.29, 1.82) is 0 Å². The number of carbonyl (C=O) groups is 1. The first-order valence-corrected chi connectivity index (χ1v) is 10.1. The average molecular weight is 397 g/mol. The van der Waals surface area contributed by atoms with E-state index in [2.05, 4.69) is 5.32 Å². The summed E-state index contributed by atoms with van der Waals surface area (Å²) in [6.45, 7) is 2.50. The van der Waals surface area contributed by atoms with Crippen molar-refractivity contribution in [2.45, 2.75) is 24.1 Å². The zero-order valence-electron chi connectivity index (χ0n) is 15.3. The molecule has 1 aromatic heterocycles. The predicted octanol–water partition coefficient (Wildman–Crippen LogP) is 3.55. The van der Waals surface area contributed by atoms with Crippen LogP contribution in [0, 0.1) is 6.92 Å². The summed E-state index contributed by atoms with van der Waals surface area (Å²) in [5.74, 6) is 1.96. The van der Waals surface area contributed by atoms with Crippen LogP contribution in [-0.2, 0) is 23.1 Å². The molecule has 28 heavy (non-hydrogen) atoms. The molecule has 4 rings (SSSR count). The summed E-state index contributed by atoms with van der Waals surface area (Å²) in [4.78, 5) is 13.1. The van der Waals surface area contributed by atoms with Crippen molar-refractivity contribution >= 4 is 16.7 Å². The Morgan fingerprint density at radius 3 is 2.79 bits per heavy atom. The van der Waals surface area contributed by atoms with Crippen molar-refractivity contribution in [3.05, 3.63) is 77.2 Å². The summed E-state index contributed by atoms with van der Waals surface area (Å²) in [6, 6.07) is 16.3. The number of aryl methyl sites for hydroxylation is 1. The van der Waals surface area contributed by atoms with E-state index < -0.39 is 10.8 Å². The molecule has 0 spiro atoms. The Morgan fingerprint density at radius 1 is 1.07 bits per heavy atom. The zero-order chi connectivity index (χ0) is 19.5. The largest absolute Gasteiger partial charge is 0.455 e. The number of rotatable bonds is 6. The van der Waals surface area contributed by atoms with Gasteiger partial charge in [0, 0.05) is 11.4 Å². The van der Waals surface area contributed by atoms with Crippen LogP contribution >= 0.6 is 0 Å². The van der Waals surface area contributed by atoms with Gasteiger partial charge < -0.3 is 19.2 Å². The van der Waals surface area contributed by atoms with Gasteiger partial charge in [0.05, 0.1) is 16.6 Å². The Hall–Kier alpha value is -3.06. The standard InChI is InChI=1S/C21H19NO5S/c1-14-3-2-4-17(9-14)28(24)12-16-6-8-19(27-16)21(23)22-11-15-5-7-18-20(10-15)26-13-25-18/h2-10H,11-13H2,1H3,(H,22,23)/t28-/m1/s1. The van der Waals surface area contributed by atoms with Crippen LogP contribution in [0.5, 0.6) is 11.5 Å². The lowest BCUT2D eigenvalue weighted by Gasteiger charge is -2.05. The molecule has 7 heteroatoms. The van der Waals surface area contributed by atoms with E-state index in [1.807, 2.05) is 49.4 Å². The molecule has 0 saturated carbocycles. The molecule has 2 aromatic carbocycles. The van der Waals surface area contributed by atoms with Crippen LogP contribution in [0.3, 0.4) is 0 Å². The second kappa shape index (κ2) is 7.90. The number of furan rings is 1. The lowest BCUT2D eigenvalue weighted by Crippen LogP contribution is -2.22. The quantitative estimate of drug-likeness (QED) is 0.688. The molecule has 3 aromatic rings. The van der Waals surface area contributed by atoms with Crippen molar-refractivity contribution in [3.63, 3.8) is 0 Å². The minimum Gasteiger partial charge on any atom is -0.455 e. The molecule has 0 aliphatic carbocycles. The lowest BCUT2D eigenvalue weighted by molar-refractivity contribution is 0.0921. The number of ether oxygens (including phenoxy) is 2. The minimum atomic E-state index is -1.23. The highest BCUT2D eigenvalue weighted by atomic mass is 32.2. The van der Waals surface area contributed by atoms with Gasteiger partial charge in [-0.3, -0.25) is 9.00 Å². The third kappa shape index (κ3) is 4.09. The van der Waals surface area contributed by atoms with Crippen molar-refractivity contribution in [3.8, 4) is 11.5 Å². The van der Waals surface area contributed by atoms with Crippen LogP contribution in [0.4, 0.5) is 0 Å². The molecule has 1 N–H and O–H groups in total. The van der Waals surface area contributed by atoms with Gasteiger partial charge in [-0.2, -0.15) is 0 Å². The van der Waals surface area contributed by atoms with E-state index in [9.17, 15) is 9.00 Å². The number of benzene rings is 2. The molecule has 0 bridgehead atoms. The molecule has 0 saturated heterocycles. The van der Waals surface area contributed by atoms with Gasteiger partial charge in [0.2, 0.25) is 6.79 Å². The maximum atomic E-state index is 12.5. The first kappa shape index (κ1) is 18.3. The second-order valence-corrected chi connectivity index (χ2v) is 7.89. The number of nitrogens with one attached hydrogen (secondary N) is 1. The van der Waals surface area contributed by atoms with Gasteiger partial charge in [-0.25, -0.2) is 0 Å². The Morgan fingerprint density at radius 2 is 1.93 bits per heavy atom. The molecule has 0 radical (unpaired) electrons. The van der Waals surface area contributed by atoms with Gasteiger partial charge in [-0.15, -0.1) is 0 Å². The van der Waals surface area contributed by atoms with Crippen molar-refractivity contribution in [1.82, 2.24) is 5.32 Å². The minimum absolute atomic E-state index is 0.192. The molecule has 0 unspecified atom stereocenters. The molecule has 6 nitrogen and oxygen atoms in total. The third-order valence-corrected chi connectivity index (χ3v) is 5.63. The van der Waals surface area contributed by atoms with Gasteiger partial charge in [-0.05, 0) is 54.4 Å². The van der Waals surface area contributed by atoms with Gasteiger partial charge in [0.25, 0.3) is 5.91 Å². The highest BCUT2D eigenvalue weighted by Crippen LogP contribution is 2.32. The zero-order valence-corrected chi connectivity index (χ0v) is 16.1. The molecule has 0 fully saturated rings. The van der Waals surface area contributed by atoms with Crippen LogP contribution in [0.25, 0.3) is 0 Å². The first-order valence-electron chi connectivity index (χ1n) is 8.79. The molecular formula is C21H19NO5S. The average Bonchev–Trinajstić information content (AvgIpc) is 3.35. The maximum Gasteiger partial charge on any atom is 0.287 e. The molecule has 1 atom stereocenters. The number of amides is 1. The SMILES string of the molecule is Cc1cccc([S@](=O)Cc2ccc(C(=O)NCc3ccc4c(c3)OCO4)o2)c1. The third-order valence-electron chi connectivity index (χ3n) is 4.30. The highest BCUT2D eigenvalue weighted by molar-refractivity contribution is 7.84. The molecule has 1 aliphatic heterocycles. The summed E-state index contributed by atoms with van der Waals surface area (Å²) in [6.07, 6.45) is 0. The second-order valence-electron chi connectivity index (χ2n) is 6.44. The van der Waals surface area contributed by atoms with E-state index in [1.54, 1.807) is 12.1 Å². The molecule has 1 amide bonds. The summed E-state index contributed by atoms with van der Waals surface area (Å²) < 4.78 is 28.7. The van der Waals surface area contributed by atoms with Crippen LogP contribution in [0.2, 0.25) is 0 Å². The fourth-order valence-electron chi connectivity index (χ4n) is 2.87.